The summed E-state index contributed by atoms with van der Waals surface area (Å²) >= 11 is 0. The summed E-state index contributed by atoms with van der Waals surface area (Å²) in [6.07, 6.45) is 3.86. The highest BCUT2D eigenvalue weighted by molar-refractivity contribution is 5.80. The van der Waals surface area contributed by atoms with Gasteiger partial charge in [0, 0.05) is 17.3 Å². The SMILES string of the molecule is C=C1C[C@]23C[C@H]1[C@@H](O)CC2[C@]1(C)CCC[C@@]2(C)C(=O)OC(C12)[C@@H]3O. The number of aliphatic hydroxyl groups is 2. The molecule has 0 aromatic carbocycles. The lowest BCUT2D eigenvalue weighted by molar-refractivity contribution is -0.229. The minimum atomic E-state index is -0.626. The van der Waals surface area contributed by atoms with Crippen LogP contribution in [0, 0.1) is 34.0 Å². The standard InChI is InChI=1S/C20H28O4/c1-10-8-20-9-11(10)12(21)7-13(20)18(2)5-4-6-19(3)15(18)14(16(20)22)24-17(19)23/h11-16,21-22H,1,4-9H2,2-3H3/t11-,12+,13?,14?,15?,16+,18+,19-,20+/m1/s1. The van der Waals surface area contributed by atoms with Gasteiger partial charge < -0.3 is 14.9 Å². The predicted octanol–water partition coefficient (Wildman–Crippen LogP) is 2.43. The van der Waals surface area contributed by atoms with Crippen LogP contribution in [0.2, 0.25) is 0 Å². The third-order valence-electron chi connectivity index (χ3n) is 8.86. The normalized spacial score (nSPS) is 61.3. The van der Waals surface area contributed by atoms with Gasteiger partial charge in [0.25, 0.3) is 0 Å². The number of carbonyl (C=O) groups excluding carboxylic acids is 1. The van der Waals surface area contributed by atoms with Crippen LogP contribution in [0.1, 0.15) is 52.4 Å². The van der Waals surface area contributed by atoms with Gasteiger partial charge in [0.1, 0.15) is 6.10 Å². The molecule has 24 heavy (non-hydrogen) atoms. The Labute approximate surface area is 143 Å². The van der Waals surface area contributed by atoms with E-state index >= 15 is 0 Å². The molecular weight excluding hydrogens is 304 g/mol. The molecule has 4 nitrogen and oxygen atoms in total. The van der Waals surface area contributed by atoms with Crippen molar-refractivity contribution in [1.82, 2.24) is 0 Å². The average molecular weight is 332 g/mol. The summed E-state index contributed by atoms with van der Waals surface area (Å²) in [6.45, 7) is 8.55. The fraction of sp³-hybridized carbons (Fsp3) is 0.850. The molecule has 0 aromatic rings. The average Bonchev–Trinajstić information content (AvgIpc) is 2.96. The molecular formula is C20H28O4. The van der Waals surface area contributed by atoms with E-state index in [1.165, 1.54) is 0 Å². The second-order valence-corrected chi connectivity index (χ2v) is 9.80. The first kappa shape index (κ1) is 15.4. The predicted molar refractivity (Wildman–Crippen MR) is 87.9 cm³/mol. The van der Waals surface area contributed by atoms with E-state index < -0.39 is 11.5 Å². The van der Waals surface area contributed by atoms with Crippen LogP contribution in [0.15, 0.2) is 12.2 Å². The van der Waals surface area contributed by atoms with Crippen LogP contribution in [0.3, 0.4) is 0 Å². The molecule has 5 rings (SSSR count). The van der Waals surface area contributed by atoms with Crippen molar-refractivity contribution in [2.24, 2.45) is 34.0 Å². The molecule has 132 valence electrons. The van der Waals surface area contributed by atoms with Crippen molar-refractivity contribution >= 4 is 5.97 Å². The van der Waals surface area contributed by atoms with Crippen molar-refractivity contribution in [3.8, 4) is 0 Å². The Morgan fingerprint density at radius 1 is 1.25 bits per heavy atom. The van der Waals surface area contributed by atoms with E-state index in [4.69, 9.17) is 4.74 Å². The van der Waals surface area contributed by atoms with E-state index in [2.05, 4.69) is 13.5 Å². The van der Waals surface area contributed by atoms with Gasteiger partial charge in [-0.1, -0.05) is 25.5 Å². The molecule has 1 spiro atoms. The Kier molecular flexibility index (Phi) is 2.74. The highest BCUT2D eigenvalue weighted by atomic mass is 16.6. The fourth-order valence-corrected chi connectivity index (χ4v) is 7.98. The molecule has 9 atom stereocenters. The summed E-state index contributed by atoms with van der Waals surface area (Å²) in [4.78, 5) is 12.7. The first-order valence-corrected chi connectivity index (χ1v) is 9.49. The molecule has 3 unspecified atom stereocenters. The van der Waals surface area contributed by atoms with Gasteiger partial charge in [-0.05, 0) is 50.4 Å². The molecule has 2 bridgehead atoms. The van der Waals surface area contributed by atoms with Crippen molar-refractivity contribution in [1.29, 1.82) is 0 Å². The van der Waals surface area contributed by atoms with Crippen LogP contribution >= 0.6 is 0 Å². The molecule has 0 aromatic heterocycles. The summed E-state index contributed by atoms with van der Waals surface area (Å²) in [5.41, 5.74) is 0.283. The van der Waals surface area contributed by atoms with Crippen LogP contribution in [0.25, 0.3) is 0 Å². The van der Waals surface area contributed by atoms with E-state index in [9.17, 15) is 15.0 Å². The second kappa shape index (κ2) is 4.27. The largest absolute Gasteiger partial charge is 0.459 e. The van der Waals surface area contributed by atoms with Gasteiger partial charge in [-0.25, -0.2) is 0 Å². The zero-order valence-corrected chi connectivity index (χ0v) is 14.6. The topological polar surface area (TPSA) is 66.8 Å². The van der Waals surface area contributed by atoms with Gasteiger partial charge in [-0.15, -0.1) is 0 Å². The lowest BCUT2D eigenvalue weighted by atomic mass is 9.40. The first-order chi connectivity index (χ1) is 11.2. The molecule has 4 saturated carbocycles. The maximum atomic E-state index is 12.7. The van der Waals surface area contributed by atoms with Crippen LogP contribution < -0.4 is 0 Å². The van der Waals surface area contributed by atoms with Crippen LogP contribution in [-0.2, 0) is 9.53 Å². The second-order valence-electron chi connectivity index (χ2n) is 9.80. The summed E-state index contributed by atoms with van der Waals surface area (Å²) in [6, 6.07) is 0. The number of ether oxygens (including phenoxy) is 1. The van der Waals surface area contributed by atoms with Gasteiger partial charge in [0.2, 0.25) is 0 Å². The minimum Gasteiger partial charge on any atom is -0.459 e. The molecule has 5 aliphatic rings. The Bertz CT molecular complexity index is 644. The quantitative estimate of drug-likeness (QED) is 0.528. The van der Waals surface area contributed by atoms with Crippen molar-refractivity contribution in [2.75, 3.05) is 0 Å². The Hall–Kier alpha value is -0.870. The molecule has 2 N–H and O–H groups in total. The third-order valence-corrected chi connectivity index (χ3v) is 8.86. The van der Waals surface area contributed by atoms with Crippen LogP contribution in [-0.4, -0.2) is 34.5 Å². The van der Waals surface area contributed by atoms with Gasteiger partial charge in [0.05, 0.1) is 17.6 Å². The summed E-state index contributed by atoms with van der Waals surface area (Å²) in [5.74, 6) is 0.282. The molecule has 0 amide bonds. The maximum Gasteiger partial charge on any atom is 0.312 e. The molecule has 5 fully saturated rings. The molecule has 4 aliphatic carbocycles. The van der Waals surface area contributed by atoms with Gasteiger partial charge in [0.15, 0.2) is 0 Å². The smallest absolute Gasteiger partial charge is 0.312 e. The number of fused-ring (bicyclic) bond motifs is 2. The number of aliphatic hydroxyl groups excluding tert-OH is 2. The van der Waals surface area contributed by atoms with Gasteiger partial charge >= 0.3 is 5.97 Å². The molecule has 1 heterocycles. The maximum absolute atomic E-state index is 12.7. The lowest BCUT2D eigenvalue weighted by Gasteiger charge is -2.64. The van der Waals surface area contributed by atoms with E-state index in [0.717, 1.165) is 44.1 Å². The monoisotopic (exact) mass is 332 g/mol. The highest BCUT2D eigenvalue weighted by Crippen LogP contribution is 2.74. The summed E-state index contributed by atoms with van der Waals surface area (Å²) < 4.78 is 5.84. The van der Waals surface area contributed by atoms with Crippen molar-refractivity contribution in [2.45, 2.75) is 70.7 Å². The molecule has 4 heteroatoms. The number of esters is 1. The highest BCUT2D eigenvalue weighted by Gasteiger charge is 2.75. The lowest BCUT2D eigenvalue weighted by Crippen LogP contribution is -2.66. The van der Waals surface area contributed by atoms with E-state index in [1.807, 2.05) is 6.92 Å². The van der Waals surface area contributed by atoms with Crippen LogP contribution in [0.5, 0.6) is 0 Å². The molecule has 1 aliphatic heterocycles. The Morgan fingerprint density at radius 3 is 2.75 bits per heavy atom. The first-order valence-electron chi connectivity index (χ1n) is 9.49. The van der Waals surface area contributed by atoms with Crippen molar-refractivity contribution in [3.63, 3.8) is 0 Å². The number of rotatable bonds is 0. The third kappa shape index (κ3) is 1.44. The fourth-order valence-electron chi connectivity index (χ4n) is 7.98. The van der Waals surface area contributed by atoms with Crippen LogP contribution in [0.4, 0.5) is 0 Å². The zero-order chi connectivity index (χ0) is 17.1. The summed E-state index contributed by atoms with van der Waals surface area (Å²) in [7, 11) is 0. The van der Waals surface area contributed by atoms with E-state index in [0.29, 0.717) is 0 Å². The Morgan fingerprint density at radius 2 is 2.00 bits per heavy atom. The number of hydrogen-bond donors (Lipinski definition) is 2. The minimum absolute atomic E-state index is 0.0559. The van der Waals surface area contributed by atoms with E-state index in [-0.39, 0.29) is 46.8 Å². The number of hydrogen-bond acceptors (Lipinski definition) is 4. The molecule has 1 saturated heterocycles. The summed E-state index contributed by atoms with van der Waals surface area (Å²) in [5, 5.41) is 22.1. The van der Waals surface area contributed by atoms with Gasteiger partial charge in [-0.3, -0.25) is 4.79 Å². The van der Waals surface area contributed by atoms with E-state index in [1.54, 1.807) is 0 Å². The number of carbonyl (C=O) groups is 1. The van der Waals surface area contributed by atoms with Gasteiger partial charge in [-0.2, -0.15) is 0 Å². The zero-order valence-electron chi connectivity index (χ0n) is 14.6. The van der Waals surface area contributed by atoms with Crippen molar-refractivity contribution in [3.05, 3.63) is 12.2 Å². The molecule has 0 radical (unpaired) electrons. The van der Waals surface area contributed by atoms with Crippen molar-refractivity contribution < 1.29 is 19.7 Å². The Balaban J connectivity index is 1.70.